The van der Waals surface area contributed by atoms with Gasteiger partial charge >= 0.3 is 0 Å². The third-order valence-electron chi connectivity index (χ3n) is 3.99. The molecular formula is C19H21BrN2O3. The lowest BCUT2D eigenvalue weighted by Gasteiger charge is -2.13. The van der Waals surface area contributed by atoms with Crippen molar-refractivity contribution in [2.75, 3.05) is 13.7 Å². The summed E-state index contributed by atoms with van der Waals surface area (Å²) < 4.78 is 11.6. The highest BCUT2D eigenvalue weighted by molar-refractivity contribution is 9.10. The van der Waals surface area contributed by atoms with E-state index in [1.807, 2.05) is 6.07 Å². The van der Waals surface area contributed by atoms with Gasteiger partial charge < -0.3 is 14.8 Å². The smallest absolute Gasteiger partial charge is 0.262 e. The summed E-state index contributed by atoms with van der Waals surface area (Å²) in [6.07, 6.45) is 7.36. The topological polar surface area (TPSA) is 71.3 Å². The van der Waals surface area contributed by atoms with Gasteiger partial charge in [-0.2, -0.15) is 5.26 Å². The molecule has 6 heteroatoms. The summed E-state index contributed by atoms with van der Waals surface area (Å²) in [6, 6.07) is 5.62. The molecule has 2 rings (SSSR count). The standard InChI is InChI=1S/C19H21BrN2O3/c1-3-8-25-18-11-16(20)13(10-17(18)24-2)9-14(12-21)19(23)22-15-6-4-5-7-15/h3,9-11,15H,1,4-8H2,2H3,(H,22,23)/b14-9-. The molecule has 25 heavy (non-hydrogen) atoms. The van der Waals surface area contributed by atoms with Gasteiger partial charge in [0.15, 0.2) is 11.5 Å². The van der Waals surface area contributed by atoms with E-state index in [-0.39, 0.29) is 17.5 Å². The van der Waals surface area contributed by atoms with Crippen molar-refractivity contribution in [1.82, 2.24) is 5.32 Å². The number of methoxy groups -OCH3 is 1. The molecule has 0 spiro atoms. The number of benzene rings is 1. The predicted octanol–water partition coefficient (Wildman–Crippen LogP) is 3.99. The van der Waals surface area contributed by atoms with Crippen LogP contribution in [0.1, 0.15) is 31.2 Å². The van der Waals surface area contributed by atoms with E-state index in [1.165, 1.54) is 7.11 Å². The molecule has 0 unspecified atom stereocenters. The zero-order valence-corrected chi connectivity index (χ0v) is 15.8. The van der Waals surface area contributed by atoms with E-state index < -0.39 is 0 Å². The fourth-order valence-corrected chi connectivity index (χ4v) is 3.16. The van der Waals surface area contributed by atoms with Crippen LogP contribution in [0.4, 0.5) is 0 Å². The first kappa shape index (κ1) is 19.1. The Morgan fingerprint density at radius 1 is 1.44 bits per heavy atom. The first-order valence-corrected chi connectivity index (χ1v) is 8.92. The average molecular weight is 405 g/mol. The van der Waals surface area contributed by atoms with E-state index in [1.54, 1.807) is 24.3 Å². The Balaban J connectivity index is 2.25. The second-order valence-electron chi connectivity index (χ2n) is 5.75. The summed E-state index contributed by atoms with van der Waals surface area (Å²) in [5.74, 6) is 0.734. The average Bonchev–Trinajstić information content (AvgIpc) is 3.11. The van der Waals surface area contributed by atoms with Gasteiger partial charge in [-0.1, -0.05) is 41.4 Å². The van der Waals surface area contributed by atoms with Gasteiger partial charge in [0.2, 0.25) is 0 Å². The first-order chi connectivity index (χ1) is 12.1. The van der Waals surface area contributed by atoms with Crippen LogP contribution in [0.25, 0.3) is 6.08 Å². The van der Waals surface area contributed by atoms with E-state index in [2.05, 4.69) is 27.8 Å². The van der Waals surface area contributed by atoms with E-state index in [4.69, 9.17) is 9.47 Å². The molecule has 0 atom stereocenters. The van der Waals surface area contributed by atoms with Crippen LogP contribution in [0.5, 0.6) is 11.5 Å². The maximum absolute atomic E-state index is 12.3. The van der Waals surface area contributed by atoms with E-state index in [0.29, 0.717) is 28.1 Å². The Bertz CT molecular complexity index is 716. The summed E-state index contributed by atoms with van der Waals surface area (Å²) >= 11 is 3.45. The van der Waals surface area contributed by atoms with E-state index in [0.717, 1.165) is 25.7 Å². The highest BCUT2D eigenvalue weighted by atomic mass is 79.9. The van der Waals surface area contributed by atoms with Crippen LogP contribution >= 0.6 is 15.9 Å². The lowest BCUT2D eigenvalue weighted by atomic mass is 10.1. The SMILES string of the molecule is C=CCOc1cc(Br)c(/C=C(/C#N)C(=O)NC2CCCC2)cc1OC. The van der Waals surface area contributed by atoms with Gasteiger partial charge in [-0.25, -0.2) is 0 Å². The van der Waals surface area contributed by atoms with Crippen molar-refractivity contribution in [3.05, 3.63) is 40.4 Å². The van der Waals surface area contributed by atoms with Crippen LogP contribution in [0, 0.1) is 11.3 Å². The monoisotopic (exact) mass is 404 g/mol. The number of ether oxygens (including phenoxy) is 2. The van der Waals surface area contributed by atoms with Crippen molar-refractivity contribution < 1.29 is 14.3 Å². The number of amides is 1. The second kappa shape index (κ2) is 9.28. The molecule has 1 saturated carbocycles. The number of hydrogen-bond acceptors (Lipinski definition) is 4. The lowest BCUT2D eigenvalue weighted by molar-refractivity contribution is -0.117. The molecule has 1 fully saturated rings. The van der Waals surface area contributed by atoms with Crippen LogP contribution in [0.2, 0.25) is 0 Å². The number of halogens is 1. The van der Waals surface area contributed by atoms with E-state index in [9.17, 15) is 10.1 Å². The molecule has 1 N–H and O–H groups in total. The number of carbonyl (C=O) groups excluding carboxylic acids is 1. The summed E-state index contributed by atoms with van der Waals surface area (Å²) in [4.78, 5) is 12.3. The molecule has 0 aliphatic heterocycles. The first-order valence-electron chi connectivity index (χ1n) is 8.13. The van der Waals surface area contributed by atoms with Crippen LogP contribution in [0.15, 0.2) is 34.8 Å². The van der Waals surface area contributed by atoms with Crippen molar-refractivity contribution in [2.45, 2.75) is 31.7 Å². The van der Waals surface area contributed by atoms with Crippen LogP contribution < -0.4 is 14.8 Å². The summed E-state index contributed by atoms with van der Waals surface area (Å²) in [6.45, 7) is 3.97. The van der Waals surface area contributed by atoms with Crippen molar-refractivity contribution in [1.29, 1.82) is 5.26 Å². The Labute approximate surface area is 156 Å². The Morgan fingerprint density at radius 2 is 2.16 bits per heavy atom. The van der Waals surface area contributed by atoms with Gasteiger partial charge in [-0.3, -0.25) is 4.79 Å². The summed E-state index contributed by atoms with van der Waals surface area (Å²) in [5.41, 5.74) is 0.732. The van der Waals surface area contributed by atoms with Gasteiger partial charge in [-0.15, -0.1) is 0 Å². The second-order valence-corrected chi connectivity index (χ2v) is 6.60. The molecule has 132 valence electrons. The van der Waals surface area contributed by atoms with Crippen molar-refractivity contribution in [2.24, 2.45) is 0 Å². The summed E-state index contributed by atoms with van der Waals surface area (Å²) in [7, 11) is 1.54. The fraction of sp³-hybridized carbons (Fsp3) is 0.368. The minimum absolute atomic E-state index is 0.0643. The molecule has 1 aliphatic rings. The zero-order valence-electron chi connectivity index (χ0n) is 14.2. The highest BCUT2D eigenvalue weighted by Crippen LogP contribution is 2.34. The number of carbonyl (C=O) groups is 1. The molecule has 5 nitrogen and oxygen atoms in total. The third-order valence-corrected chi connectivity index (χ3v) is 4.68. The minimum Gasteiger partial charge on any atom is -0.493 e. The molecule has 1 aromatic rings. The Kier molecular flexibility index (Phi) is 7.08. The number of nitrogens with zero attached hydrogens (tertiary/aromatic N) is 1. The molecule has 0 bridgehead atoms. The van der Waals surface area contributed by atoms with Crippen LogP contribution in [-0.4, -0.2) is 25.7 Å². The van der Waals surface area contributed by atoms with Gasteiger partial charge in [0.25, 0.3) is 5.91 Å². The zero-order chi connectivity index (χ0) is 18.2. The number of nitrogens with one attached hydrogen (secondary N) is 1. The molecule has 1 aromatic carbocycles. The van der Waals surface area contributed by atoms with Gasteiger partial charge in [-0.05, 0) is 36.6 Å². The van der Waals surface area contributed by atoms with Gasteiger partial charge in [0.05, 0.1) is 7.11 Å². The molecule has 0 saturated heterocycles. The van der Waals surface area contributed by atoms with E-state index >= 15 is 0 Å². The molecule has 1 aliphatic carbocycles. The largest absolute Gasteiger partial charge is 0.493 e. The van der Waals surface area contributed by atoms with Gasteiger partial charge in [0.1, 0.15) is 18.2 Å². The van der Waals surface area contributed by atoms with Gasteiger partial charge in [0, 0.05) is 10.5 Å². The molecule has 0 aromatic heterocycles. The van der Waals surface area contributed by atoms with Crippen molar-refractivity contribution >= 4 is 27.9 Å². The molecule has 1 amide bonds. The summed E-state index contributed by atoms with van der Waals surface area (Å²) in [5, 5.41) is 12.3. The van der Waals surface area contributed by atoms with Crippen LogP contribution in [0.3, 0.4) is 0 Å². The van der Waals surface area contributed by atoms with Crippen molar-refractivity contribution in [3.63, 3.8) is 0 Å². The molecular weight excluding hydrogens is 384 g/mol. The lowest BCUT2D eigenvalue weighted by Crippen LogP contribution is -2.33. The molecule has 0 heterocycles. The normalized spacial score (nSPS) is 14.7. The Morgan fingerprint density at radius 3 is 2.76 bits per heavy atom. The van der Waals surface area contributed by atoms with Crippen LogP contribution in [-0.2, 0) is 4.79 Å². The maximum Gasteiger partial charge on any atom is 0.262 e. The quantitative estimate of drug-likeness (QED) is 0.423. The minimum atomic E-state index is -0.341. The third kappa shape index (κ3) is 5.10. The Hall–Kier alpha value is -2.26. The molecule has 0 radical (unpaired) electrons. The number of hydrogen-bond donors (Lipinski definition) is 1. The number of rotatable bonds is 7. The maximum atomic E-state index is 12.3. The number of nitriles is 1. The highest BCUT2D eigenvalue weighted by Gasteiger charge is 2.20. The van der Waals surface area contributed by atoms with Crippen molar-refractivity contribution in [3.8, 4) is 17.6 Å². The predicted molar refractivity (Wildman–Crippen MR) is 100 cm³/mol. The fourth-order valence-electron chi connectivity index (χ4n) is 2.72.